The Bertz CT molecular complexity index is 5180. The van der Waals surface area contributed by atoms with E-state index in [9.17, 15) is 0 Å². The van der Waals surface area contributed by atoms with Crippen molar-refractivity contribution in [1.29, 1.82) is 0 Å². The zero-order valence-electron chi connectivity index (χ0n) is 62.9. The quantitative estimate of drug-likeness (QED) is 0.142. The van der Waals surface area contributed by atoms with Gasteiger partial charge in [-0.25, -0.2) is 9.97 Å². The molecule has 0 amide bonds. The summed E-state index contributed by atoms with van der Waals surface area (Å²) in [6.07, 6.45) is 12.6. The molecule has 0 radical (unpaired) electrons. The van der Waals surface area contributed by atoms with E-state index in [-0.39, 0.29) is 0 Å². The molecule has 0 aliphatic carbocycles. The van der Waals surface area contributed by atoms with Crippen LogP contribution in [0.2, 0.25) is 0 Å². The fourth-order valence-electron chi connectivity index (χ4n) is 14.6. The first-order valence-electron chi connectivity index (χ1n) is 35.7. The summed E-state index contributed by atoms with van der Waals surface area (Å²) in [5.74, 6) is 0. The van der Waals surface area contributed by atoms with Crippen molar-refractivity contribution < 1.29 is 18.3 Å². The summed E-state index contributed by atoms with van der Waals surface area (Å²) in [6, 6.07) is 78.4. The van der Waals surface area contributed by atoms with Gasteiger partial charge in [0.2, 0.25) is 44.8 Å². The highest BCUT2D eigenvalue weighted by Gasteiger charge is 2.23. The third-order valence-electron chi connectivity index (χ3n) is 20.9. The minimum Gasteiger partial charge on any atom is -0.265 e. The fourth-order valence-corrected chi connectivity index (χ4v) is 14.6. The second-order valence-electron chi connectivity index (χ2n) is 28.0. The number of hydrogen-bond donors (Lipinski definition) is 0. The molecule has 104 heavy (non-hydrogen) atoms. The number of hydrogen-bond acceptors (Lipinski definition) is 5. The van der Waals surface area contributed by atoms with E-state index in [2.05, 4.69) is 349 Å². The van der Waals surface area contributed by atoms with E-state index in [1.807, 2.05) is 55.2 Å². The Morgan fingerprint density at radius 2 is 0.587 bits per heavy atom. The summed E-state index contributed by atoms with van der Waals surface area (Å²) >= 11 is 0. The average Bonchev–Trinajstić information content (AvgIpc) is 0.789. The molecule has 512 valence electrons. The van der Waals surface area contributed by atoms with Gasteiger partial charge in [-0.05, 0) is 253 Å². The Morgan fingerprint density at radius 3 is 0.933 bits per heavy atom. The zero-order valence-corrected chi connectivity index (χ0v) is 62.9. The molecule has 8 aromatic carbocycles. The van der Waals surface area contributed by atoms with E-state index in [4.69, 9.17) is 0 Å². The molecule has 9 nitrogen and oxygen atoms in total. The number of benzene rings is 8. The van der Waals surface area contributed by atoms with Crippen LogP contribution in [0.15, 0.2) is 262 Å². The Labute approximate surface area is 612 Å². The number of fused-ring (bicyclic) bond motifs is 4. The first-order valence-corrected chi connectivity index (χ1v) is 35.7. The van der Waals surface area contributed by atoms with Crippen LogP contribution in [0.4, 0.5) is 0 Å². The normalized spacial score (nSPS) is 11.1. The molecule has 16 aromatic rings. The molecule has 8 heterocycles. The van der Waals surface area contributed by atoms with Crippen molar-refractivity contribution in [2.24, 2.45) is 28.2 Å². The van der Waals surface area contributed by atoms with Gasteiger partial charge < -0.3 is 0 Å². The SMILES string of the molecule is Cc1cc(C)c(C)c(-c2ccc3ccc(-c4ccccn4)cc3[n+]2C)c1.Cc1cc(C)c(C)c(-c2ccc3ccc(-c4cccnc4)cc3[n+]2C)c1.Cc1cc(C)c(C)c(-c2ccc3ccc(-c4ccncc4)cc3[n+]2C)c1.Cc1cc(C)c(C)c(-c2ccc3ccc(-c4ccncn4)cc3[n+]2C)c1. The van der Waals surface area contributed by atoms with E-state index in [1.54, 1.807) is 12.5 Å². The molecule has 16 rings (SSSR count). The van der Waals surface area contributed by atoms with Crippen molar-refractivity contribution in [2.75, 3.05) is 0 Å². The Balaban J connectivity index is 0.000000123. The van der Waals surface area contributed by atoms with Crippen LogP contribution < -0.4 is 18.3 Å². The lowest BCUT2D eigenvalue weighted by molar-refractivity contribution is -0.633. The number of pyridine rings is 7. The van der Waals surface area contributed by atoms with Crippen LogP contribution >= 0.6 is 0 Å². The predicted octanol–water partition coefficient (Wildman–Crippen LogP) is 20.7. The van der Waals surface area contributed by atoms with Gasteiger partial charge >= 0.3 is 0 Å². The molecule has 0 aliphatic heterocycles. The molecule has 0 unspecified atom stereocenters. The Morgan fingerprint density at radius 1 is 0.240 bits per heavy atom. The third kappa shape index (κ3) is 14.7. The van der Waals surface area contributed by atoms with Gasteiger partial charge in [-0.15, -0.1) is 0 Å². The first-order chi connectivity index (χ1) is 50.2. The lowest BCUT2D eigenvalue weighted by atomic mass is 9.96. The molecular formula is C95H91N9+4. The molecule has 0 bridgehead atoms. The van der Waals surface area contributed by atoms with Crippen LogP contribution in [0.1, 0.15) is 66.8 Å². The van der Waals surface area contributed by atoms with Crippen LogP contribution in [0, 0.1) is 83.1 Å². The minimum atomic E-state index is 0.940. The smallest absolute Gasteiger partial charge is 0.213 e. The molecule has 0 N–H and O–H groups in total. The number of aromatic nitrogens is 9. The Kier molecular flexibility index (Phi) is 20.5. The van der Waals surface area contributed by atoms with Crippen LogP contribution in [0.5, 0.6) is 0 Å². The van der Waals surface area contributed by atoms with Crippen molar-refractivity contribution in [2.45, 2.75) is 83.1 Å². The van der Waals surface area contributed by atoms with Crippen LogP contribution in [-0.2, 0) is 28.2 Å². The molecule has 0 aliphatic rings. The summed E-state index contributed by atoms with van der Waals surface area (Å²) < 4.78 is 9.18. The summed E-state index contributed by atoms with van der Waals surface area (Å²) in [6.45, 7) is 26.2. The minimum absolute atomic E-state index is 0.940. The van der Waals surface area contributed by atoms with Gasteiger partial charge in [0.1, 0.15) is 34.5 Å². The maximum absolute atomic E-state index is 4.49. The van der Waals surface area contributed by atoms with E-state index < -0.39 is 0 Å². The van der Waals surface area contributed by atoms with E-state index >= 15 is 0 Å². The van der Waals surface area contributed by atoms with Gasteiger partial charge in [0.25, 0.3) is 0 Å². The largest absolute Gasteiger partial charge is 0.265 e. The monoisotopic (exact) mass is 1360 g/mol. The lowest BCUT2D eigenvalue weighted by Crippen LogP contribution is -2.32. The summed E-state index contributed by atoms with van der Waals surface area (Å²) in [5.41, 5.74) is 39.8. The van der Waals surface area contributed by atoms with Crippen molar-refractivity contribution in [3.63, 3.8) is 0 Å². The van der Waals surface area contributed by atoms with Gasteiger partial charge in [-0.3, -0.25) is 15.0 Å². The molecule has 8 aromatic heterocycles. The maximum Gasteiger partial charge on any atom is 0.213 e. The topological polar surface area (TPSA) is 80.0 Å². The average molecular weight is 1360 g/mol. The van der Waals surface area contributed by atoms with Crippen LogP contribution in [0.25, 0.3) is 133 Å². The number of nitrogens with zero attached hydrogens (tertiary/aromatic N) is 9. The van der Waals surface area contributed by atoms with E-state index in [0.29, 0.717) is 0 Å². The van der Waals surface area contributed by atoms with Gasteiger partial charge in [0, 0.05) is 146 Å². The van der Waals surface area contributed by atoms with Gasteiger partial charge in [-0.2, -0.15) is 18.3 Å². The van der Waals surface area contributed by atoms with Crippen LogP contribution in [0.3, 0.4) is 0 Å². The third-order valence-corrected chi connectivity index (χ3v) is 20.9. The van der Waals surface area contributed by atoms with Crippen molar-refractivity contribution >= 4 is 43.6 Å². The molecular weight excluding hydrogens is 1270 g/mol. The highest BCUT2D eigenvalue weighted by atomic mass is 15.0. The summed E-state index contributed by atoms with van der Waals surface area (Å²) in [4.78, 5) is 21.3. The number of aryl methyl sites for hydroxylation is 12. The van der Waals surface area contributed by atoms with Crippen molar-refractivity contribution in [1.82, 2.24) is 24.9 Å². The zero-order chi connectivity index (χ0) is 73.0. The predicted molar refractivity (Wildman–Crippen MR) is 430 cm³/mol. The van der Waals surface area contributed by atoms with Crippen LogP contribution in [-0.4, -0.2) is 24.9 Å². The second-order valence-corrected chi connectivity index (χ2v) is 28.0. The van der Waals surface area contributed by atoms with Gasteiger partial charge in [-0.1, -0.05) is 82.9 Å². The van der Waals surface area contributed by atoms with Gasteiger partial charge in [0.15, 0.2) is 0 Å². The summed E-state index contributed by atoms with van der Waals surface area (Å²) in [7, 11) is 8.60. The molecule has 0 spiro atoms. The van der Waals surface area contributed by atoms with E-state index in [0.717, 1.165) is 28.1 Å². The van der Waals surface area contributed by atoms with E-state index in [1.165, 1.54) is 172 Å². The molecule has 0 saturated carbocycles. The fraction of sp³-hybridized carbons (Fsp3) is 0.168. The highest BCUT2D eigenvalue weighted by Crippen LogP contribution is 2.34. The van der Waals surface area contributed by atoms with Crippen molar-refractivity contribution in [3.05, 3.63) is 329 Å². The summed E-state index contributed by atoms with van der Waals surface area (Å²) in [5, 5.41) is 4.94. The number of rotatable bonds is 8. The Hall–Kier alpha value is -12.1. The maximum atomic E-state index is 4.49. The molecule has 9 heteroatoms. The standard InChI is InChI=1S/3C24H23N2.C23H22N3/c1-16-13-17(2)18(3)22(14-16)23-8-7-20-5-6-21(15-24(20)26(23)4)19-9-11-25-12-10-19;1-16-12-17(2)18(3)22(13-16)23-10-9-19-7-8-20(14-24(19)26(23)4)21-6-5-11-25-15-21;1-16-13-17(2)18(3)21(14-16)23-11-10-19-8-9-20(15-24(19)26(23)4)22-7-5-6-12-25-22;1-15-11-16(2)17(3)20(12-15)22-8-7-18-5-6-19(13-23(18)26(22)4)21-9-10-24-14-25-21/h3*5-15H,1-4H3;5-14H,1-4H3/q4*+1. The van der Waals surface area contributed by atoms with Crippen molar-refractivity contribution in [3.8, 4) is 89.8 Å². The molecule has 0 fully saturated rings. The molecule has 0 atom stereocenters. The highest BCUT2D eigenvalue weighted by molar-refractivity contribution is 5.87. The first kappa shape index (κ1) is 70.4. The second kappa shape index (κ2) is 30.2. The molecule has 0 saturated heterocycles. The lowest BCUT2D eigenvalue weighted by Gasteiger charge is -2.11. The van der Waals surface area contributed by atoms with Gasteiger partial charge in [0.05, 0.1) is 11.4 Å².